The third-order valence-electron chi connectivity index (χ3n) is 1.99. The highest BCUT2D eigenvalue weighted by Crippen LogP contribution is 2.18. The van der Waals surface area contributed by atoms with Crippen molar-refractivity contribution in [2.45, 2.75) is 13.8 Å². The van der Waals surface area contributed by atoms with Crippen LogP contribution in [0.4, 0.5) is 11.5 Å². The van der Waals surface area contributed by atoms with Gasteiger partial charge in [-0.3, -0.25) is 0 Å². The van der Waals surface area contributed by atoms with Gasteiger partial charge in [-0.2, -0.15) is 0 Å². The number of nitrogens with zero attached hydrogens (tertiary/aromatic N) is 1. The second-order valence-corrected chi connectivity index (χ2v) is 4.67. The van der Waals surface area contributed by atoms with E-state index in [9.17, 15) is 0 Å². The maximum Gasteiger partial charge on any atom is 0.133 e. The molecule has 0 aliphatic rings. The molecular formula is C10H16ClN3O. The van der Waals surface area contributed by atoms with E-state index in [4.69, 9.17) is 22.4 Å². The molecule has 1 heterocycles. The topological polar surface area (TPSA) is 71.2 Å². The molecule has 1 rings (SSSR count). The first-order valence-corrected chi connectivity index (χ1v) is 5.08. The second-order valence-electron chi connectivity index (χ2n) is 4.28. The molecule has 15 heavy (non-hydrogen) atoms. The van der Waals surface area contributed by atoms with Crippen LogP contribution >= 0.6 is 11.6 Å². The van der Waals surface area contributed by atoms with Gasteiger partial charge in [0.25, 0.3) is 0 Å². The lowest BCUT2D eigenvalue weighted by atomic mass is 9.95. The molecule has 0 aliphatic heterocycles. The predicted molar refractivity (Wildman–Crippen MR) is 63.0 cm³/mol. The van der Waals surface area contributed by atoms with Crippen LogP contribution in [0.25, 0.3) is 0 Å². The van der Waals surface area contributed by atoms with E-state index >= 15 is 0 Å². The Labute approximate surface area is 94.5 Å². The first kappa shape index (κ1) is 12.1. The van der Waals surface area contributed by atoms with Crippen LogP contribution in [0.15, 0.2) is 12.1 Å². The highest BCUT2D eigenvalue weighted by Gasteiger charge is 2.16. The van der Waals surface area contributed by atoms with Crippen LogP contribution in [0.1, 0.15) is 13.8 Å². The maximum atomic E-state index is 9.07. The molecule has 4 nitrogen and oxygen atoms in total. The lowest BCUT2D eigenvalue weighted by Crippen LogP contribution is -2.27. The van der Waals surface area contributed by atoms with Crippen molar-refractivity contribution in [2.75, 3.05) is 24.2 Å². The molecule has 4 N–H and O–H groups in total. The van der Waals surface area contributed by atoms with Crippen LogP contribution in [0, 0.1) is 5.41 Å². The number of rotatable bonds is 4. The zero-order valence-electron chi connectivity index (χ0n) is 8.92. The van der Waals surface area contributed by atoms with Gasteiger partial charge in [0.2, 0.25) is 0 Å². The molecule has 0 atom stereocenters. The van der Waals surface area contributed by atoms with Crippen molar-refractivity contribution in [1.29, 1.82) is 0 Å². The van der Waals surface area contributed by atoms with Crippen molar-refractivity contribution >= 4 is 23.1 Å². The van der Waals surface area contributed by atoms with E-state index in [1.54, 1.807) is 12.1 Å². The van der Waals surface area contributed by atoms with Crippen molar-refractivity contribution in [2.24, 2.45) is 5.41 Å². The molecule has 84 valence electrons. The first-order chi connectivity index (χ1) is 6.93. The number of nitrogens with two attached hydrogens (primary N) is 1. The molecule has 0 bridgehead atoms. The lowest BCUT2D eigenvalue weighted by molar-refractivity contribution is 0.170. The monoisotopic (exact) mass is 229 g/mol. The van der Waals surface area contributed by atoms with E-state index in [1.807, 2.05) is 13.8 Å². The van der Waals surface area contributed by atoms with Gasteiger partial charge >= 0.3 is 0 Å². The van der Waals surface area contributed by atoms with Crippen LogP contribution in [0.2, 0.25) is 5.15 Å². The standard InChI is InChI=1S/C10H16ClN3O/c1-10(2,6-15)5-13-9-4-7(12)3-8(11)14-9/h3-4,15H,5-6H2,1-2H3,(H3,12,13,14). The molecule has 1 aromatic rings. The predicted octanol–water partition coefficient (Wildman–Crippen LogP) is 1.75. The Morgan fingerprint density at radius 3 is 2.73 bits per heavy atom. The van der Waals surface area contributed by atoms with Gasteiger partial charge in [0, 0.05) is 30.3 Å². The summed E-state index contributed by atoms with van der Waals surface area (Å²) in [4.78, 5) is 4.06. The maximum absolute atomic E-state index is 9.07. The van der Waals surface area contributed by atoms with Crippen molar-refractivity contribution in [3.63, 3.8) is 0 Å². The van der Waals surface area contributed by atoms with Crippen molar-refractivity contribution in [3.8, 4) is 0 Å². The lowest BCUT2D eigenvalue weighted by Gasteiger charge is -2.22. The number of aliphatic hydroxyl groups is 1. The number of hydrogen-bond acceptors (Lipinski definition) is 4. The molecule has 0 radical (unpaired) electrons. The molecule has 0 fully saturated rings. The average molecular weight is 230 g/mol. The van der Waals surface area contributed by atoms with Gasteiger partial charge in [-0.05, 0) is 6.07 Å². The van der Waals surface area contributed by atoms with Crippen molar-refractivity contribution < 1.29 is 5.11 Å². The van der Waals surface area contributed by atoms with E-state index in [2.05, 4.69) is 10.3 Å². The van der Waals surface area contributed by atoms with Crippen molar-refractivity contribution in [1.82, 2.24) is 4.98 Å². The van der Waals surface area contributed by atoms with Crippen LogP contribution < -0.4 is 11.1 Å². The molecule has 0 unspecified atom stereocenters. The fraction of sp³-hybridized carbons (Fsp3) is 0.500. The van der Waals surface area contributed by atoms with Gasteiger partial charge in [0.05, 0.1) is 0 Å². The number of hydrogen-bond donors (Lipinski definition) is 3. The van der Waals surface area contributed by atoms with Gasteiger partial charge in [0.1, 0.15) is 11.0 Å². The third-order valence-corrected chi connectivity index (χ3v) is 2.19. The fourth-order valence-corrected chi connectivity index (χ4v) is 1.21. The summed E-state index contributed by atoms with van der Waals surface area (Å²) < 4.78 is 0. The number of aromatic nitrogens is 1. The van der Waals surface area contributed by atoms with Gasteiger partial charge in [-0.25, -0.2) is 4.98 Å². The van der Waals surface area contributed by atoms with E-state index in [1.165, 1.54) is 0 Å². The fourth-order valence-electron chi connectivity index (χ4n) is 0.993. The van der Waals surface area contributed by atoms with Gasteiger partial charge in [-0.15, -0.1) is 0 Å². The van der Waals surface area contributed by atoms with Crippen LogP contribution in [0.3, 0.4) is 0 Å². The van der Waals surface area contributed by atoms with Crippen LogP contribution in [-0.4, -0.2) is 23.2 Å². The number of nitrogens with one attached hydrogen (secondary N) is 1. The Balaban J connectivity index is 2.65. The molecule has 1 aromatic heterocycles. The van der Waals surface area contributed by atoms with E-state index in [-0.39, 0.29) is 12.0 Å². The summed E-state index contributed by atoms with van der Waals surface area (Å²) >= 11 is 5.75. The number of pyridine rings is 1. The molecule has 5 heteroatoms. The first-order valence-electron chi connectivity index (χ1n) is 4.71. The Bertz CT molecular complexity index is 321. The minimum absolute atomic E-state index is 0.107. The third kappa shape index (κ3) is 3.93. The van der Waals surface area contributed by atoms with Crippen molar-refractivity contribution in [3.05, 3.63) is 17.3 Å². The summed E-state index contributed by atoms with van der Waals surface area (Å²) in [5, 5.41) is 12.5. The Morgan fingerprint density at radius 1 is 1.53 bits per heavy atom. The Kier molecular flexibility index (Phi) is 3.77. The Morgan fingerprint density at radius 2 is 2.20 bits per heavy atom. The molecule has 0 spiro atoms. The normalized spacial score (nSPS) is 11.5. The molecule has 0 saturated heterocycles. The van der Waals surface area contributed by atoms with Crippen LogP contribution in [-0.2, 0) is 0 Å². The van der Waals surface area contributed by atoms with E-state index in [0.717, 1.165) is 0 Å². The molecular weight excluding hydrogens is 214 g/mol. The number of halogens is 1. The molecule has 0 saturated carbocycles. The zero-order chi connectivity index (χ0) is 11.5. The van der Waals surface area contributed by atoms with Gasteiger partial charge in [0.15, 0.2) is 0 Å². The number of aliphatic hydroxyl groups excluding tert-OH is 1. The largest absolute Gasteiger partial charge is 0.399 e. The molecule has 0 aromatic carbocycles. The van der Waals surface area contributed by atoms with Gasteiger partial charge < -0.3 is 16.2 Å². The van der Waals surface area contributed by atoms with E-state index < -0.39 is 0 Å². The number of anilines is 2. The minimum atomic E-state index is -0.196. The summed E-state index contributed by atoms with van der Waals surface area (Å²) in [5.74, 6) is 0.626. The summed E-state index contributed by atoms with van der Waals surface area (Å²) in [6.07, 6.45) is 0. The van der Waals surface area contributed by atoms with Gasteiger partial charge in [-0.1, -0.05) is 25.4 Å². The summed E-state index contributed by atoms with van der Waals surface area (Å²) in [7, 11) is 0. The summed E-state index contributed by atoms with van der Waals surface area (Å²) in [6, 6.07) is 3.29. The number of nitrogen functional groups attached to an aromatic ring is 1. The molecule has 0 aliphatic carbocycles. The zero-order valence-corrected chi connectivity index (χ0v) is 9.67. The highest BCUT2D eigenvalue weighted by molar-refractivity contribution is 6.29. The highest BCUT2D eigenvalue weighted by atomic mass is 35.5. The van der Waals surface area contributed by atoms with Crippen LogP contribution in [0.5, 0.6) is 0 Å². The smallest absolute Gasteiger partial charge is 0.133 e. The average Bonchev–Trinajstić information content (AvgIpc) is 2.14. The minimum Gasteiger partial charge on any atom is -0.399 e. The summed E-state index contributed by atoms with van der Waals surface area (Å²) in [6.45, 7) is 4.62. The second kappa shape index (κ2) is 4.68. The SMILES string of the molecule is CC(C)(CO)CNc1cc(N)cc(Cl)n1. The molecule has 0 amide bonds. The Hall–Kier alpha value is -1.00. The summed E-state index contributed by atoms with van der Waals surface area (Å²) in [5.41, 5.74) is 5.99. The quantitative estimate of drug-likeness (QED) is 0.688. The van der Waals surface area contributed by atoms with E-state index in [0.29, 0.717) is 23.2 Å².